The summed E-state index contributed by atoms with van der Waals surface area (Å²) in [5, 5.41) is 20.2. The van der Waals surface area contributed by atoms with Crippen molar-refractivity contribution in [3.63, 3.8) is 0 Å². The Morgan fingerprint density at radius 2 is 1.96 bits per heavy atom. The van der Waals surface area contributed by atoms with Crippen molar-refractivity contribution in [1.82, 2.24) is 10.3 Å². The first-order valence-electron chi connectivity index (χ1n) is 8.86. The topological polar surface area (TPSA) is 119 Å². The van der Waals surface area contributed by atoms with Crippen LogP contribution in [0.4, 0.5) is 5.69 Å². The summed E-state index contributed by atoms with van der Waals surface area (Å²) in [6.45, 7) is 3.55. The molecule has 2 amide bonds. The molecular formula is C21H21N5O2. The summed E-state index contributed by atoms with van der Waals surface area (Å²) >= 11 is 0. The second kappa shape index (κ2) is 7.96. The minimum absolute atomic E-state index is 0.0690. The van der Waals surface area contributed by atoms with Gasteiger partial charge < -0.3 is 21.5 Å². The zero-order valence-electron chi connectivity index (χ0n) is 15.2. The van der Waals surface area contributed by atoms with Crippen LogP contribution in [-0.4, -0.2) is 34.8 Å². The molecule has 7 heteroatoms. The quantitative estimate of drug-likeness (QED) is 0.440. The molecule has 1 heterocycles. The Kier molecular flexibility index (Phi) is 5.44. The molecule has 7 nitrogen and oxygen atoms in total. The maximum atomic E-state index is 12.7. The maximum Gasteiger partial charge on any atom is 0.271 e. The molecule has 1 aliphatic carbocycles. The van der Waals surface area contributed by atoms with Crippen LogP contribution in [0.15, 0.2) is 55.3 Å². The molecular weight excluding hydrogens is 354 g/mol. The van der Waals surface area contributed by atoms with E-state index in [4.69, 9.17) is 10.8 Å². The molecule has 142 valence electrons. The van der Waals surface area contributed by atoms with E-state index in [0.29, 0.717) is 5.69 Å². The Balaban J connectivity index is 1.74. The van der Waals surface area contributed by atoms with Gasteiger partial charge in [-0.05, 0) is 36.1 Å². The Morgan fingerprint density at radius 3 is 2.68 bits per heavy atom. The molecule has 1 aromatic carbocycles. The number of aromatic nitrogens is 1. The third-order valence-corrected chi connectivity index (χ3v) is 4.85. The van der Waals surface area contributed by atoms with Gasteiger partial charge in [0.2, 0.25) is 5.91 Å². The second-order valence-corrected chi connectivity index (χ2v) is 6.59. The smallest absolute Gasteiger partial charge is 0.271 e. The molecule has 0 unspecified atom stereocenters. The van der Waals surface area contributed by atoms with Crippen LogP contribution < -0.4 is 10.6 Å². The van der Waals surface area contributed by atoms with E-state index in [1.807, 2.05) is 24.3 Å². The molecule has 3 rings (SSSR count). The molecule has 1 atom stereocenters. The van der Waals surface area contributed by atoms with Crippen molar-refractivity contribution in [3.05, 3.63) is 72.1 Å². The van der Waals surface area contributed by atoms with Gasteiger partial charge in [0.1, 0.15) is 11.2 Å². The number of fused-ring (bicyclic) bond motifs is 1. The number of hydrogen-bond acceptors (Lipinski definition) is 5. The van der Waals surface area contributed by atoms with Crippen LogP contribution in [0.25, 0.3) is 0 Å². The number of carbonyl (C=O) groups excluding carboxylic acids is 2. The van der Waals surface area contributed by atoms with Crippen LogP contribution in [0.1, 0.15) is 34.0 Å². The summed E-state index contributed by atoms with van der Waals surface area (Å²) in [4.78, 5) is 29.2. The number of carbonyl (C=O) groups is 2. The standard InChI is InChI=1S/C21H21N5O2/c1-2-21(12-22,13-23)26-20(28)18-11-15(9-10-24-18)25-19(27)17-8-7-14-5-3-4-6-16(14)17/h2-6,9-13,17,22-23H,1,7-8H2,(H,26,28)(H,24,25,27)/t17-,21?/m1/s1. The molecule has 0 radical (unpaired) electrons. The van der Waals surface area contributed by atoms with E-state index in [2.05, 4.69) is 22.2 Å². The molecule has 0 aliphatic heterocycles. The predicted octanol–water partition coefficient (Wildman–Crippen LogP) is 2.70. The summed E-state index contributed by atoms with van der Waals surface area (Å²) in [7, 11) is 0. The monoisotopic (exact) mass is 375 g/mol. The first kappa shape index (κ1) is 19.2. The highest BCUT2D eigenvalue weighted by atomic mass is 16.2. The normalized spacial score (nSPS) is 16.9. The lowest BCUT2D eigenvalue weighted by molar-refractivity contribution is -0.117. The average Bonchev–Trinajstić information content (AvgIpc) is 3.16. The summed E-state index contributed by atoms with van der Waals surface area (Å²) in [6.07, 6.45) is 6.16. The number of rotatable bonds is 7. The van der Waals surface area contributed by atoms with Crippen LogP contribution in [0.5, 0.6) is 0 Å². The van der Waals surface area contributed by atoms with E-state index in [1.54, 1.807) is 6.07 Å². The summed E-state index contributed by atoms with van der Waals surface area (Å²) < 4.78 is 0. The second-order valence-electron chi connectivity index (χ2n) is 6.59. The van der Waals surface area contributed by atoms with Crippen molar-refractivity contribution in [2.45, 2.75) is 24.3 Å². The fourth-order valence-corrected chi connectivity index (χ4v) is 3.23. The zero-order chi connectivity index (χ0) is 20.1. The van der Waals surface area contributed by atoms with Crippen LogP contribution in [0, 0.1) is 10.8 Å². The predicted molar refractivity (Wildman–Crippen MR) is 108 cm³/mol. The van der Waals surface area contributed by atoms with E-state index < -0.39 is 11.4 Å². The number of hydrogen-bond donors (Lipinski definition) is 4. The van der Waals surface area contributed by atoms with Gasteiger partial charge in [0, 0.05) is 24.3 Å². The van der Waals surface area contributed by atoms with E-state index >= 15 is 0 Å². The highest BCUT2D eigenvalue weighted by Gasteiger charge is 2.28. The number of aryl methyl sites for hydroxylation is 1. The van der Waals surface area contributed by atoms with Gasteiger partial charge in [0.15, 0.2) is 0 Å². The van der Waals surface area contributed by atoms with Gasteiger partial charge in [-0.3, -0.25) is 14.6 Å². The van der Waals surface area contributed by atoms with Crippen LogP contribution >= 0.6 is 0 Å². The van der Waals surface area contributed by atoms with Gasteiger partial charge in [-0.2, -0.15) is 0 Å². The minimum Gasteiger partial charge on any atom is -0.332 e. The molecule has 4 N–H and O–H groups in total. The Labute approximate surface area is 162 Å². The van der Waals surface area contributed by atoms with Crippen LogP contribution in [-0.2, 0) is 11.2 Å². The van der Waals surface area contributed by atoms with Gasteiger partial charge >= 0.3 is 0 Å². The highest BCUT2D eigenvalue weighted by molar-refractivity contribution is 6.04. The van der Waals surface area contributed by atoms with Crippen molar-refractivity contribution in [1.29, 1.82) is 10.8 Å². The zero-order valence-corrected chi connectivity index (χ0v) is 15.2. The maximum absolute atomic E-state index is 12.7. The van der Waals surface area contributed by atoms with Crippen LogP contribution in [0.2, 0.25) is 0 Å². The Hall–Kier alpha value is -3.61. The first-order valence-corrected chi connectivity index (χ1v) is 8.86. The number of nitrogens with one attached hydrogen (secondary N) is 4. The van der Waals surface area contributed by atoms with Gasteiger partial charge in [0.25, 0.3) is 5.91 Å². The van der Waals surface area contributed by atoms with Crippen molar-refractivity contribution >= 4 is 29.9 Å². The van der Waals surface area contributed by atoms with E-state index in [1.165, 1.54) is 23.9 Å². The number of nitrogens with zero attached hydrogens (tertiary/aromatic N) is 1. The van der Waals surface area contributed by atoms with Gasteiger partial charge in [0.05, 0.1) is 5.92 Å². The number of benzene rings is 1. The molecule has 0 saturated heterocycles. The lowest BCUT2D eigenvalue weighted by Crippen LogP contribution is -2.49. The van der Waals surface area contributed by atoms with Crippen molar-refractivity contribution < 1.29 is 9.59 Å². The van der Waals surface area contributed by atoms with Crippen molar-refractivity contribution in [2.75, 3.05) is 5.32 Å². The lowest BCUT2D eigenvalue weighted by Gasteiger charge is -2.21. The van der Waals surface area contributed by atoms with E-state index in [0.717, 1.165) is 30.8 Å². The summed E-state index contributed by atoms with van der Waals surface area (Å²) in [6, 6.07) is 11.0. The van der Waals surface area contributed by atoms with Gasteiger partial charge in [-0.25, -0.2) is 0 Å². The summed E-state index contributed by atoms with van der Waals surface area (Å²) in [5.74, 6) is -0.915. The van der Waals surface area contributed by atoms with E-state index in [9.17, 15) is 9.59 Å². The molecule has 28 heavy (non-hydrogen) atoms. The molecule has 0 spiro atoms. The largest absolute Gasteiger partial charge is 0.332 e. The molecule has 1 aliphatic rings. The third kappa shape index (κ3) is 3.73. The molecule has 2 aromatic rings. The van der Waals surface area contributed by atoms with Crippen molar-refractivity contribution in [3.8, 4) is 0 Å². The summed E-state index contributed by atoms with van der Waals surface area (Å²) in [5.41, 5.74) is 1.39. The minimum atomic E-state index is -1.37. The molecule has 0 fully saturated rings. The molecule has 0 saturated carbocycles. The van der Waals surface area contributed by atoms with Gasteiger partial charge in [-0.1, -0.05) is 36.9 Å². The molecule has 1 aromatic heterocycles. The Morgan fingerprint density at radius 1 is 1.21 bits per heavy atom. The van der Waals surface area contributed by atoms with Gasteiger partial charge in [-0.15, -0.1) is 0 Å². The SMILES string of the molecule is C=CC(C=N)(C=N)NC(=O)c1cc(NC(=O)[C@@H]2CCc3ccccc32)ccn1. The Bertz CT molecular complexity index is 932. The first-order chi connectivity index (χ1) is 13.5. The number of anilines is 1. The fourth-order valence-electron chi connectivity index (χ4n) is 3.23. The fraction of sp³-hybridized carbons (Fsp3) is 0.190. The number of pyridine rings is 1. The highest BCUT2D eigenvalue weighted by Crippen LogP contribution is 2.33. The third-order valence-electron chi connectivity index (χ3n) is 4.85. The molecule has 0 bridgehead atoms. The van der Waals surface area contributed by atoms with E-state index in [-0.39, 0.29) is 17.5 Å². The average molecular weight is 375 g/mol. The number of amides is 2. The van der Waals surface area contributed by atoms with Crippen LogP contribution in [0.3, 0.4) is 0 Å². The lowest BCUT2D eigenvalue weighted by atomic mass is 10.0. The van der Waals surface area contributed by atoms with Crippen molar-refractivity contribution in [2.24, 2.45) is 0 Å².